The molecule has 10 heteroatoms. The quantitative estimate of drug-likeness (QED) is 0.672. The lowest BCUT2D eigenvalue weighted by atomic mass is 9.98. The van der Waals surface area contributed by atoms with E-state index < -0.39 is 17.7 Å². The predicted octanol–water partition coefficient (Wildman–Crippen LogP) is 2.78. The normalized spacial score (nSPS) is 18.1. The Balaban J connectivity index is 1.45. The summed E-state index contributed by atoms with van der Waals surface area (Å²) in [5.41, 5.74) is -0.597. The Morgan fingerprint density at radius 1 is 1.24 bits per heavy atom. The van der Waals surface area contributed by atoms with Gasteiger partial charge < -0.3 is 14.7 Å². The zero-order valence-electron chi connectivity index (χ0n) is 15.8. The largest absolute Gasteiger partial charge is 0.481 e. The number of hydrogen-bond acceptors (Lipinski definition) is 5. The number of piperidine rings is 1. The van der Waals surface area contributed by atoms with E-state index in [2.05, 4.69) is 15.2 Å². The number of hydrogen-bond donors (Lipinski definition) is 1. The molecular weight excluding hydrogens is 389 g/mol. The minimum atomic E-state index is -4.46. The summed E-state index contributed by atoms with van der Waals surface area (Å²) in [6.07, 6.45) is -1.43. The van der Waals surface area contributed by atoms with Crippen LogP contribution in [-0.4, -0.2) is 63.8 Å². The molecule has 1 aliphatic rings. The van der Waals surface area contributed by atoms with Gasteiger partial charge in [0.25, 0.3) is 0 Å². The topological polar surface area (TPSA) is 80.5 Å². The average Bonchev–Trinajstić information content (AvgIpc) is 3.16. The number of alkyl halides is 3. The fraction of sp³-hybridized carbons (Fsp3) is 0.526. The van der Waals surface area contributed by atoms with E-state index in [1.54, 1.807) is 0 Å². The molecule has 158 valence electrons. The van der Waals surface area contributed by atoms with E-state index in [4.69, 9.17) is 9.84 Å². The molecule has 0 aliphatic carbocycles. The summed E-state index contributed by atoms with van der Waals surface area (Å²) in [4.78, 5) is 13.2. The Bertz CT molecular complexity index is 825. The van der Waals surface area contributed by atoms with Crippen molar-refractivity contribution < 1.29 is 27.8 Å². The number of carboxylic acid groups (broad SMARTS) is 1. The van der Waals surface area contributed by atoms with Crippen LogP contribution in [0.25, 0.3) is 11.3 Å². The van der Waals surface area contributed by atoms with Crippen molar-refractivity contribution in [3.8, 4) is 11.3 Å². The number of likely N-dealkylation sites (tertiary alicyclic amines) is 1. The van der Waals surface area contributed by atoms with Crippen molar-refractivity contribution in [3.05, 3.63) is 36.0 Å². The third kappa shape index (κ3) is 5.77. The molecule has 0 bridgehead atoms. The van der Waals surface area contributed by atoms with Gasteiger partial charge in [0.15, 0.2) is 0 Å². The van der Waals surface area contributed by atoms with Crippen LogP contribution in [0, 0.1) is 5.92 Å². The van der Waals surface area contributed by atoms with Crippen LogP contribution >= 0.6 is 0 Å². The fourth-order valence-electron chi connectivity index (χ4n) is 3.40. The maximum atomic E-state index is 13.1. The zero-order chi connectivity index (χ0) is 20.9. The van der Waals surface area contributed by atoms with E-state index in [-0.39, 0.29) is 17.2 Å². The number of carbonyl (C=O) groups is 1. The predicted molar refractivity (Wildman–Crippen MR) is 98.1 cm³/mol. The van der Waals surface area contributed by atoms with Gasteiger partial charge in [-0.15, -0.1) is 5.10 Å². The van der Waals surface area contributed by atoms with E-state index in [0.717, 1.165) is 19.0 Å². The fourth-order valence-corrected chi connectivity index (χ4v) is 3.40. The van der Waals surface area contributed by atoms with Crippen molar-refractivity contribution >= 4 is 5.97 Å². The van der Waals surface area contributed by atoms with Gasteiger partial charge >= 0.3 is 12.1 Å². The Labute approximate surface area is 166 Å². The smallest absolute Gasteiger partial charge is 0.417 e. The molecule has 1 aromatic heterocycles. The van der Waals surface area contributed by atoms with Gasteiger partial charge in [-0.05, 0) is 25.5 Å². The van der Waals surface area contributed by atoms with Crippen LogP contribution in [0.1, 0.15) is 18.4 Å². The van der Waals surface area contributed by atoms with E-state index in [1.807, 2.05) is 0 Å². The SMILES string of the molecule is O=C(O)C1CCCN(CCOCCn2cc(-c3ccccc3C(F)(F)F)nn2)C1. The lowest BCUT2D eigenvalue weighted by molar-refractivity contribution is -0.143. The maximum absolute atomic E-state index is 13.1. The number of aliphatic carboxylic acids is 1. The molecule has 0 saturated carbocycles. The summed E-state index contributed by atoms with van der Waals surface area (Å²) < 4.78 is 46.4. The second-order valence-electron chi connectivity index (χ2n) is 7.00. The summed E-state index contributed by atoms with van der Waals surface area (Å²) in [5.74, 6) is -1.08. The summed E-state index contributed by atoms with van der Waals surface area (Å²) >= 11 is 0. The molecule has 3 rings (SSSR count). The minimum Gasteiger partial charge on any atom is -0.481 e. The molecule has 2 aromatic rings. The maximum Gasteiger partial charge on any atom is 0.417 e. The third-order valence-corrected chi connectivity index (χ3v) is 4.92. The first-order valence-electron chi connectivity index (χ1n) is 9.44. The number of benzene rings is 1. The van der Waals surface area contributed by atoms with Gasteiger partial charge in [0, 0.05) is 18.7 Å². The van der Waals surface area contributed by atoms with Crippen molar-refractivity contribution in [1.82, 2.24) is 19.9 Å². The Kier molecular flexibility index (Phi) is 6.86. The molecule has 0 radical (unpaired) electrons. The first-order valence-corrected chi connectivity index (χ1v) is 9.44. The van der Waals surface area contributed by atoms with Crippen LogP contribution in [0.3, 0.4) is 0 Å². The molecule has 29 heavy (non-hydrogen) atoms. The van der Waals surface area contributed by atoms with Crippen molar-refractivity contribution in [2.75, 3.05) is 32.8 Å². The molecule has 0 amide bonds. The van der Waals surface area contributed by atoms with Gasteiger partial charge in [0.1, 0.15) is 5.69 Å². The van der Waals surface area contributed by atoms with Gasteiger partial charge in [0.05, 0.1) is 37.4 Å². The lowest BCUT2D eigenvalue weighted by Crippen LogP contribution is -2.40. The van der Waals surface area contributed by atoms with Crippen LogP contribution in [-0.2, 0) is 22.3 Å². The second-order valence-corrected chi connectivity index (χ2v) is 7.00. The van der Waals surface area contributed by atoms with Crippen molar-refractivity contribution in [2.45, 2.75) is 25.6 Å². The molecule has 2 heterocycles. The van der Waals surface area contributed by atoms with Gasteiger partial charge in [-0.25, -0.2) is 4.68 Å². The first kappa shape index (κ1) is 21.3. The molecule has 1 unspecified atom stereocenters. The van der Waals surface area contributed by atoms with Crippen molar-refractivity contribution in [1.29, 1.82) is 0 Å². The van der Waals surface area contributed by atoms with Crippen LogP contribution < -0.4 is 0 Å². The first-order chi connectivity index (χ1) is 13.8. The molecule has 1 fully saturated rings. The molecule has 7 nitrogen and oxygen atoms in total. The zero-order valence-corrected chi connectivity index (χ0v) is 15.8. The Morgan fingerprint density at radius 2 is 2.00 bits per heavy atom. The van der Waals surface area contributed by atoms with Gasteiger partial charge in [-0.2, -0.15) is 13.2 Å². The highest BCUT2D eigenvalue weighted by Gasteiger charge is 2.34. The van der Waals surface area contributed by atoms with Crippen LogP contribution in [0.4, 0.5) is 13.2 Å². The number of carboxylic acids is 1. The summed E-state index contributed by atoms with van der Waals surface area (Å²) in [7, 11) is 0. The van der Waals surface area contributed by atoms with Gasteiger partial charge in [-0.1, -0.05) is 23.4 Å². The van der Waals surface area contributed by atoms with Crippen molar-refractivity contribution in [3.63, 3.8) is 0 Å². The second kappa shape index (κ2) is 9.36. The van der Waals surface area contributed by atoms with Gasteiger partial charge in [-0.3, -0.25) is 4.79 Å². The number of aromatic nitrogens is 3. The monoisotopic (exact) mass is 412 g/mol. The molecule has 1 atom stereocenters. The Morgan fingerprint density at radius 3 is 2.76 bits per heavy atom. The number of halogens is 3. The van der Waals surface area contributed by atoms with Gasteiger partial charge in [0.2, 0.25) is 0 Å². The summed E-state index contributed by atoms with van der Waals surface area (Å²) in [6.45, 7) is 3.18. The highest BCUT2D eigenvalue weighted by molar-refractivity contribution is 5.70. The summed E-state index contributed by atoms with van der Waals surface area (Å²) in [6, 6.07) is 5.26. The highest BCUT2D eigenvalue weighted by Crippen LogP contribution is 2.35. The van der Waals surface area contributed by atoms with E-state index in [0.29, 0.717) is 39.3 Å². The van der Waals surface area contributed by atoms with Crippen LogP contribution in [0.2, 0.25) is 0 Å². The highest BCUT2D eigenvalue weighted by atomic mass is 19.4. The van der Waals surface area contributed by atoms with E-state index >= 15 is 0 Å². The number of nitrogens with zero attached hydrogens (tertiary/aromatic N) is 4. The molecule has 1 N–H and O–H groups in total. The van der Waals surface area contributed by atoms with E-state index in [9.17, 15) is 18.0 Å². The standard InChI is InChI=1S/C19H23F3N4O3/c20-19(21,22)16-6-2-1-5-15(16)17-13-26(24-23-17)9-11-29-10-8-25-7-3-4-14(12-25)18(27)28/h1-2,5-6,13-14H,3-4,7-12H2,(H,27,28). The minimum absolute atomic E-state index is 0.00903. The Hall–Kier alpha value is -2.46. The molecule has 1 aromatic carbocycles. The molecule has 1 aliphatic heterocycles. The van der Waals surface area contributed by atoms with E-state index in [1.165, 1.54) is 29.1 Å². The molecule has 0 spiro atoms. The van der Waals surface area contributed by atoms with Crippen LogP contribution in [0.5, 0.6) is 0 Å². The third-order valence-electron chi connectivity index (χ3n) is 4.92. The average molecular weight is 412 g/mol. The van der Waals surface area contributed by atoms with Crippen molar-refractivity contribution in [2.24, 2.45) is 5.92 Å². The lowest BCUT2D eigenvalue weighted by Gasteiger charge is -2.30. The number of ether oxygens (including phenoxy) is 1. The molecular formula is C19H23F3N4O3. The summed E-state index contributed by atoms with van der Waals surface area (Å²) in [5, 5.41) is 16.8. The molecule has 1 saturated heterocycles. The number of rotatable bonds is 8. The van der Waals surface area contributed by atoms with Crippen LogP contribution in [0.15, 0.2) is 30.5 Å².